The summed E-state index contributed by atoms with van der Waals surface area (Å²) in [6.07, 6.45) is 1.38. The molecule has 1 heterocycles. The van der Waals surface area contributed by atoms with Crippen LogP contribution in [0.4, 0.5) is 5.82 Å². The van der Waals surface area contributed by atoms with Crippen molar-refractivity contribution in [3.05, 3.63) is 52.6 Å². The van der Waals surface area contributed by atoms with Crippen molar-refractivity contribution in [1.29, 1.82) is 0 Å². The Morgan fingerprint density at radius 3 is 2.55 bits per heavy atom. The van der Waals surface area contributed by atoms with Crippen molar-refractivity contribution in [1.82, 2.24) is 9.71 Å². The summed E-state index contributed by atoms with van der Waals surface area (Å²) in [4.78, 5) is 3.97. The summed E-state index contributed by atoms with van der Waals surface area (Å²) >= 11 is 3.32. The van der Waals surface area contributed by atoms with Crippen LogP contribution in [0.5, 0.6) is 0 Å². The van der Waals surface area contributed by atoms with Crippen molar-refractivity contribution in [3.8, 4) is 0 Å². The standard InChI is InChI=1S/C12H13BrN4O2S/c13-10-3-1-9(2-4-10)8-16-20(18,19)11-5-6-15-12(7-11)17-14/h1-7,16H,8,14H2,(H,15,17). The Kier molecular flexibility index (Phi) is 4.71. The highest BCUT2D eigenvalue weighted by Crippen LogP contribution is 2.14. The van der Waals surface area contributed by atoms with Gasteiger partial charge < -0.3 is 5.43 Å². The molecule has 0 amide bonds. The number of halogens is 1. The summed E-state index contributed by atoms with van der Waals surface area (Å²) in [5, 5.41) is 0. The summed E-state index contributed by atoms with van der Waals surface area (Å²) in [6, 6.07) is 10.2. The molecule has 0 unspecified atom stereocenters. The molecule has 8 heteroatoms. The summed E-state index contributed by atoms with van der Waals surface area (Å²) in [5.74, 6) is 5.50. The van der Waals surface area contributed by atoms with E-state index in [1.54, 1.807) is 0 Å². The lowest BCUT2D eigenvalue weighted by molar-refractivity contribution is 0.581. The highest BCUT2D eigenvalue weighted by Gasteiger charge is 2.14. The van der Waals surface area contributed by atoms with Gasteiger partial charge in [-0.2, -0.15) is 0 Å². The van der Waals surface area contributed by atoms with E-state index in [0.717, 1.165) is 10.0 Å². The zero-order valence-corrected chi connectivity index (χ0v) is 12.8. The summed E-state index contributed by atoms with van der Waals surface area (Å²) in [7, 11) is -3.60. The van der Waals surface area contributed by atoms with Crippen molar-refractivity contribution >= 4 is 31.8 Å². The van der Waals surface area contributed by atoms with Gasteiger partial charge in [0, 0.05) is 23.3 Å². The second kappa shape index (κ2) is 6.31. The molecule has 0 spiro atoms. The highest BCUT2D eigenvalue weighted by atomic mass is 79.9. The van der Waals surface area contributed by atoms with E-state index in [0.29, 0.717) is 0 Å². The predicted molar refractivity (Wildman–Crippen MR) is 80.2 cm³/mol. The van der Waals surface area contributed by atoms with Crippen molar-refractivity contribution in [2.24, 2.45) is 5.84 Å². The van der Waals surface area contributed by atoms with Gasteiger partial charge in [-0.25, -0.2) is 24.0 Å². The van der Waals surface area contributed by atoms with Crippen LogP contribution in [0, 0.1) is 0 Å². The third-order valence-corrected chi connectivity index (χ3v) is 4.50. The minimum atomic E-state index is -3.60. The van der Waals surface area contributed by atoms with Gasteiger partial charge in [-0.3, -0.25) is 0 Å². The maximum atomic E-state index is 12.1. The lowest BCUT2D eigenvalue weighted by Crippen LogP contribution is -2.23. The fourth-order valence-corrected chi connectivity index (χ4v) is 2.82. The molecule has 0 fully saturated rings. The number of pyridine rings is 1. The average molecular weight is 357 g/mol. The van der Waals surface area contributed by atoms with Crippen LogP contribution in [0.2, 0.25) is 0 Å². The molecule has 0 atom stereocenters. The number of aromatic nitrogens is 1. The molecule has 2 aromatic rings. The molecule has 0 aliphatic rings. The van der Waals surface area contributed by atoms with Gasteiger partial charge in [0.15, 0.2) is 0 Å². The quantitative estimate of drug-likeness (QED) is 0.558. The minimum Gasteiger partial charge on any atom is -0.308 e. The van der Waals surface area contributed by atoms with Crippen molar-refractivity contribution in [2.45, 2.75) is 11.4 Å². The van der Waals surface area contributed by atoms with Crippen LogP contribution in [0.15, 0.2) is 52.0 Å². The van der Waals surface area contributed by atoms with Gasteiger partial charge in [-0.1, -0.05) is 28.1 Å². The summed E-state index contributed by atoms with van der Waals surface area (Å²) < 4.78 is 27.7. The number of nitrogens with one attached hydrogen (secondary N) is 2. The first-order chi connectivity index (χ1) is 9.51. The van der Waals surface area contributed by atoms with Crippen LogP contribution in [-0.2, 0) is 16.6 Å². The van der Waals surface area contributed by atoms with E-state index in [-0.39, 0.29) is 17.3 Å². The molecule has 0 saturated heterocycles. The van der Waals surface area contributed by atoms with Crippen LogP contribution >= 0.6 is 15.9 Å². The first kappa shape index (κ1) is 14.9. The molecule has 106 valence electrons. The molecule has 4 N–H and O–H groups in total. The number of sulfonamides is 1. The lowest BCUT2D eigenvalue weighted by Gasteiger charge is -2.08. The Morgan fingerprint density at radius 2 is 1.90 bits per heavy atom. The maximum Gasteiger partial charge on any atom is 0.241 e. The summed E-state index contributed by atoms with van der Waals surface area (Å²) in [5.41, 5.74) is 3.17. The fraction of sp³-hybridized carbons (Fsp3) is 0.0833. The zero-order chi connectivity index (χ0) is 14.6. The molecule has 0 radical (unpaired) electrons. The predicted octanol–water partition coefficient (Wildman–Crippen LogP) is 1.61. The van der Waals surface area contributed by atoms with E-state index in [1.807, 2.05) is 24.3 Å². The number of benzene rings is 1. The maximum absolute atomic E-state index is 12.1. The van der Waals surface area contributed by atoms with Gasteiger partial charge in [0.05, 0.1) is 4.90 Å². The van der Waals surface area contributed by atoms with Crippen LogP contribution in [0.1, 0.15) is 5.56 Å². The van der Waals surface area contributed by atoms with E-state index in [4.69, 9.17) is 5.84 Å². The van der Waals surface area contributed by atoms with E-state index in [9.17, 15) is 8.42 Å². The molecule has 1 aromatic heterocycles. The number of hydrazine groups is 1. The number of anilines is 1. The number of nitrogens with zero attached hydrogens (tertiary/aromatic N) is 1. The number of nitrogen functional groups attached to an aromatic ring is 1. The zero-order valence-electron chi connectivity index (χ0n) is 10.4. The molecule has 0 aliphatic heterocycles. The van der Waals surface area contributed by atoms with Gasteiger partial charge in [0.2, 0.25) is 10.0 Å². The summed E-state index contributed by atoms with van der Waals surface area (Å²) in [6.45, 7) is 0.212. The molecule has 6 nitrogen and oxygen atoms in total. The number of rotatable bonds is 5. The Morgan fingerprint density at radius 1 is 1.20 bits per heavy atom. The van der Waals surface area contributed by atoms with Crippen LogP contribution < -0.4 is 16.0 Å². The van der Waals surface area contributed by atoms with Gasteiger partial charge in [0.1, 0.15) is 5.82 Å². The number of hydrogen-bond acceptors (Lipinski definition) is 5. The first-order valence-corrected chi connectivity index (χ1v) is 7.96. The van der Waals surface area contributed by atoms with Crippen LogP contribution in [-0.4, -0.2) is 13.4 Å². The largest absolute Gasteiger partial charge is 0.308 e. The fourth-order valence-electron chi connectivity index (χ4n) is 1.52. The average Bonchev–Trinajstić information content (AvgIpc) is 2.47. The Labute approximate surface area is 125 Å². The molecule has 2 rings (SSSR count). The monoisotopic (exact) mass is 356 g/mol. The third-order valence-electron chi connectivity index (χ3n) is 2.57. The Bertz CT molecular complexity index is 689. The van der Waals surface area contributed by atoms with E-state index in [2.05, 4.69) is 31.1 Å². The highest BCUT2D eigenvalue weighted by molar-refractivity contribution is 9.10. The second-order valence-electron chi connectivity index (χ2n) is 3.97. The van der Waals surface area contributed by atoms with Crippen LogP contribution in [0.25, 0.3) is 0 Å². The molecule has 20 heavy (non-hydrogen) atoms. The normalized spacial score (nSPS) is 11.3. The van der Waals surface area contributed by atoms with Gasteiger partial charge in [-0.15, -0.1) is 0 Å². The minimum absolute atomic E-state index is 0.109. The van der Waals surface area contributed by atoms with Gasteiger partial charge >= 0.3 is 0 Å². The van der Waals surface area contributed by atoms with Gasteiger partial charge in [-0.05, 0) is 23.8 Å². The first-order valence-electron chi connectivity index (χ1n) is 5.68. The Hall–Kier alpha value is -1.48. The van der Waals surface area contributed by atoms with Crippen molar-refractivity contribution in [2.75, 3.05) is 5.43 Å². The molecular formula is C12H13BrN4O2S. The van der Waals surface area contributed by atoms with Gasteiger partial charge in [0.25, 0.3) is 0 Å². The molecule has 0 aliphatic carbocycles. The topological polar surface area (TPSA) is 97.1 Å². The van der Waals surface area contributed by atoms with E-state index in [1.165, 1.54) is 18.3 Å². The Balaban J connectivity index is 2.12. The number of hydrogen-bond donors (Lipinski definition) is 3. The number of nitrogens with two attached hydrogens (primary N) is 1. The molecule has 1 aromatic carbocycles. The van der Waals surface area contributed by atoms with Crippen molar-refractivity contribution in [3.63, 3.8) is 0 Å². The van der Waals surface area contributed by atoms with E-state index >= 15 is 0 Å². The van der Waals surface area contributed by atoms with E-state index < -0.39 is 10.0 Å². The van der Waals surface area contributed by atoms with Crippen LogP contribution in [0.3, 0.4) is 0 Å². The molecular weight excluding hydrogens is 344 g/mol. The SMILES string of the molecule is NNc1cc(S(=O)(=O)NCc2ccc(Br)cc2)ccn1. The second-order valence-corrected chi connectivity index (χ2v) is 6.65. The smallest absolute Gasteiger partial charge is 0.241 e. The molecule has 0 saturated carbocycles. The molecule has 0 bridgehead atoms. The third kappa shape index (κ3) is 3.76. The lowest BCUT2D eigenvalue weighted by atomic mass is 10.2. The van der Waals surface area contributed by atoms with Crippen molar-refractivity contribution < 1.29 is 8.42 Å².